The van der Waals surface area contributed by atoms with Crippen LogP contribution in [0, 0.1) is 5.41 Å². The molecule has 1 aromatic carbocycles. The van der Waals surface area contributed by atoms with Crippen LogP contribution in [0.4, 0.5) is 0 Å². The van der Waals surface area contributed by atoms with Gasteiger partial charge in [-0.1, -0.05) is 44.0 Å². The molecule has 1 N–H and O–H groups in total. The number of hydrogen-bond acceptors (Lipinski definition) is 2. The van der Waals surface area contributed by atoms with E-state index in [1.807, 2.05) is 20.8 Å². The Labute approximate surface area is 112 Å². The van der Waals surface area contributed by atoms with Crippen LogP contribution in [0.15, 0.2) is 23.2 Å². The van der Waals surface area contributed by atoms with Crippen molar-refractivity contribution in [1.29, 1.82) is 0 Å². The predicted octanol–water partition coefficient (Wildman–Crippen LogP) is 3.82. The number of aliphatic hydroxyl groups is 1. The van der Waals surface area contributed by atoms with Gasteiger partial charge in [-0.3, -0.25) is 4.99 Å². The van der Waals surface area contributed by atoms with Crippen LogP contribution in [-0.2, 0) is 0 Å². The first kappa shape index (κ1) is 14.5. The van der Waals surface area contributed by atoms with E-state index in [-0.39, 0.29) is 18.1 Å². The average Bonchev–Trinajstić information content (AvgIpc) is 2.14. The van der Waals surface area contributed by atoms with Gasteiger partial charge in [0.25, 0.3) is 0 Å². The summed E-state index contributed by atoms with van der Waals surface area (Å²) < 4.78 is 0. The van der Waals surface area contributed by atoms with Crippen molar-refractivity contribution in [3.63, 3.8) is 0 Å². The van der Waals surface area contributed by atoms with Gasteiger partial charge in [0.1, 0.15) is 0 Å². The number of rotatable bonds is 3. The van der Waals surface area contributed by atoms with Crippen LogP contribution in [0.2, 0.25) is 10.0 Å². The van der Waals surface area contributed by atoms with Crippen LogP contribution in [0.5, 0.6) is 0 Å². The number of benzene rings is 1. The SMILES string of the molecule is CC(C)(C)[C@H](CO)/N=C/c1cc(Cl)cc(Cl)c1. The Kier molecular flexibility index (Phi) is 4.99. The van der Waals surface area contributed by atoms with E-state index in [1.165, 1.54) is 0 Å². The Morgan fingerprint density at radius 3 is 2.18 bits per heavy atom. The highest BCUT2D eigenvalue weighted by atomic mass is 35.5. The lowest BCUT2D eigenvalue weighted by atomic mass is 9.88. The van der Waals surface area contributed by atoms with Crippen molar-refractivity contribution in [3.05, 3.63) is 33.8 Å². The Bertz CT molecular complexity index is 390. The lowest BCUT2D eigenvalue weighted by molar-refractivity contribution is 0.191. The molecule has 0 aliphatic heterocycles. The number of aliphatic hydroxyl groups excluding tert-OH is 1. The molecule has 0 unspecified atom stereocenters. The first-order valence-electron chi connectivity index (χ1n) is 5.43. The zero-order valence-corrected chi connectivity index (χ0v) is 11.8. The highest BCUT2D eigenvalue weighted by Crippen LogP contribution is 2.22. The van der Waals surface area contributed by atoms with E-state index in [2.05, 4.69) is 4.99 Å². The first-order valence-corrected chi connectivity index (χ1v) is 6.18. The minimum absolute atomic E-state index is 0.0221. The van der Waals surface area contributed by atoms with Crippen molar-refractivity contribution >= 4 is 29.4 Å². The largest absolute Gasteiger partial charge is 0.394 e. The molecular formula is C13H17Cl2NO. The van der Waals surface area contributed by atoms with Crippen molar-refractivity contribution in [2.24, 2.45) is 10.4 Å². The summed E-state index contributed by atoms with van der Waals surface area (Å²) in [6, 6.07) is 5.11. The van der Waals surface area contributed by atoms with Crippen LogP contribution in [0.1, 0.15) is 26.3 Å². The molecule has 0 radical (unpaired) electrons. The van der Waals surface area contributed by atoms with Crippen molar-refractivity contribution in [2.75, 3.05) is 6.61 Å². The van der Waals surface area contributed by atoms with E-state index in [4.69, 9.17) is 23.2 Å². The van der Waals surface area contributed by atoms with E-state index >= 15 is 0 Å². The molecule has 0 fully saturated rings. The maximum Gasteiger partial charge on any atom is 0.0778 e. The van der Waals surface area contributed by atoms with Gasteiger partial charge < -0.3 is 5.11 Å². The molecule has 0 spiro atoms. The normalized spacial score (nSPS) is 14.2. The molecule has 0 aromatic heterocycles. The highest BCUT2D eigenvalue weighted by Gasteiger charge is 2.22. The molecule has 2 nitrogen and oxygen atoms in total. The Morgan fingerprint density at radius 2 is 1.76 bits per heavy atom. The Balaban J connectivity index is 2.89. The van der Waals surface area contributed by atoms with Crippen LogP contribution in [0.3, 0.4) is 0 Å². The fourth-order valence-corrected chi connectivity index (χ4v) is 1.91. The van der Waals surface area contributed by atoms with Gasteiger partial charge in [0.05, 0.1) is 12.6 Å². The van der Waals surface area contributed by atoms with Crippen LogP contribution < -0.4 is 0 Å². The molecule has 1 rings (SSSR count). The molecule has 0 aliphatic carbocycles. The fraction of sp³-hybridized carbons (Fsp3) is 0.462. The second-order valence-electron chi connectivity index (χ2n) is 5.05. The van der Waals surface area contributed by atoms with Crippen molar-refractivity contribution in [1.82, 2.24) is 0 Å². The summed E-state index contributed by atoms with van der Waals surface area (Å²) >= 11 is 11.8. The summed E-state index contributed by atoms with van der Waals surface area (Å²) in [5.41, 5.74) is 0.762. The number of hydrogen-bond donors (Lipinski definition) is 1. The van der Waals surface area contributed by atoms with Gasteiger partial charge in [-0.25, -0.2) is 0 Å². The maximum atomic E-state index is 9.28. The second kappa shape index (κ2) is 5.85. The van der Waals surface area contributed by atoms with E-state index in [0.717, 1.165) is 5.56 Å². The van der Waals surface area contributed by atoms with Crippen molar-refractivity contribution < 1.29 is 5.11 Å². The standard InChI is InChI=1S/C13H17Cl2NO/c1-13(2,3)12(8-17)16-7-9-4-10(14)6-11(15)5-9/h4-7,12,17H,8H2,1-3H3/b16-7+/t12-/m0/s1. The summed E-state index contributed by atoms with van der Waals surface area (Å²) in [5, 5.41) is 10.4. The zero-order valence-electron chi connectivity index (χ0n) is 10.2. The number of halogens is 2. The molecule has 0 amide bonds. The molecule has 0 aliphatic rings. The van der Waals surface area contributed by atoms with Gasteiger partial charge in [-0.2, -0.15) is 0 Å². The van der Waals surface area contributed by atoms with E-state index in [1.54, 1.807) is 24.4 Å². The zero-order chi connectivity index (χ0) is 13.1. The minimum atomic E-state index is -0.139. The molecular weight excluding hydrogens is 257 g/mol. The summed E-state index contributed by atoms with van der Waals surface area (Å²) in [7, 11) is 0. The monoisotopic (exact) mass is 273 g/mol. The lowest BCUT2D eigenvalue weighted by Crippen LogP contribution is -2.28. The highest BCUT2D eigenvalue weighted by molar-refractivity contribution is 6.35. The molecule has 0 saturated carbocycles. The quantitative estimate of drug-likeness (QED) is 0.835. The molecule has 94 valence electrons. The lowest BCUT2D eigenvalue weighted by Gasteiger charge is -2.25. The van der Waals surface area contributed by atoms with Gasteiger partial charge in [-0.15, -0.1) is 0 Å². The molecule has 17 heavy (non-hydrogen) atoms. The molecule has 0 heterocycles. The third-order valence-electron chi connectivity index (χ3n) is 2.46. The Hall–Kier alpha value is -0.570. The van der Waals surface area contributed by atoms with Gasteiger partial charge in [0, 0.05) is 16.3 Å². The molecule has 1 atom stereocenters. The van der Waals surface area contributed by atoms with E-state index < -0.39 is 0 Å². The first-order chi connectivity index (χ1) is 7.82. The van der Waals surface area contributed by atoms with Crippen LogP contribution in [-0.4, -0.2) is 24.0 Å². The second-order valence-corrected chi connectivity index (χ2v) is 5.92. The van der Waals surface area contributed by atoms with Gasteiger partial charge in [0.15, 0.2) is 0 Å². The molecule has 0 bridgehead atoms. The molecule has 4 heteroatoms. The Morgan fingerprint density at radius 1 is 1.24 bits per heavy atom. The van der Waals surface area contributed by atoms with E-state index in [9.17, 15) is 5.11 Å². The summed E-state index contributed by atoms with van der Waals surface area (Å²) in [4.78, 5) is 4.37. The minimum Gasteiger partial charge on any atom is -0.394 e. The summed E-state index contributed by atoms with van der Waals surface area (Å²) in [6.07, 6.45) is 1.70. The van der Waals surface area contributed by atoms with Crippen LogP contribution >= 0.6 is 23.2 Å². The fourth-order valence-electron chi connectivity index (χ4n) is 1.37. The van der Waals surface area contributed by atoms with Gasteiger partial charge >= 0.3 is 0 Å². The van der Waals surface area contributed by atoms with E-state index in [0.29, 0.717) is 10.0 Å². The van der Waals surface area contributed by atoms with Crippen LogP contribution in [0.25, 0.3) is 0 Å². The predicted molar refractivity (Wildman–Crippen MR) is 74.4 cm³/mol. The average molecular weight is 274 g/mol. The van der Waals surface area contributed by atoms with Crippen molar-refractivity contribution in [3.8, 4) is 0 Å². The summed E-state index contributed by atoms with van der Waals surface area (Å²) in [6.45, 7) is 6.14. The van der Waals surface area contributed by atoms with Crippen molar-refractivity contribution in [2.45, 2.75) is 26.8 Å². The summed E-state index contributed by atoms with van der Waals surface area (Å²) in [5.74, 6) is 0. The van der Waals surface area contributed by atoms with Gasteiger partial charge in [-0.05, 0) is 29.2 Å². The van der Waals surface area contributed by atoms with Gasteiger partial charge in [0.2, 0.25) is 0 Å². The third-order valence-corrected chi connectivity index (χ3v) is 2.90. The smallest absolute Gasteiger partial charge is 0.0778 e. The molecule has 1 aromatic rings. The number of aliphatic imine (C=N–C) groups is 1. The molecule has 0 saturated heterocycles. The maximum absolute atomic E-state index is 9.28. The third kappa shape index (κ3) is 4.66. The number of nitrogens with zero attached hydrogens (tertiary/aromatic N) is 1. The topological polar surface area (TPSA) is 32.6 Å².